The number of methoxy groups -OCH3 is 1. The molecule has 9 heteroatoms. The normalized spacial score (nSPS) is 21.1. The van der Waals surface area contributed by atoms with Crippen LogP contribution in [-0.2, 0) is 25.6 Å². The Hall–Kier alpha value is -3.98. The molecule has 2 aliphatic heterocycles. The van der Waals surface area contributed by atoms with Gasteiger partial charge in [-0.2, -0.15) is 0 Å². The Bertz CT molecular complexity index is 1310. The molecule has 3 heterocycles. The molecule has 0 radical (unpaired) electrons. The Morgan fingerprint density at radius 1 is 1.14 bits per heavy atom. The summed E-state index contributed by atoms with van der Waals surface area (Å²) in [5, 5.41) is 6.30. The molecule has 192 valence electrons. The van der Waals surface area contributed by atoms with Crippen LogP contribution in [0.3, 0.4) is 0 Å². The summed E-state index contributed by atoms with van der Waals surface area (Å²) in [6.45, 7) is 4.37. The minimum absolute atomic E-state index is 0.0676. The number of hydrogen-bond donors (Lipinski definition) is 3. The molecule has 0 saturated carbocycles. The highest BCUT2D eigenvalue weighted by atomic mass is 32.1. The van der Waals surface area contributed by atoms with Crippen LogP contribution < -0.4 is 10.6 Å². The predicted molar refractivity (Wildman–Crippen MR) is 145 cm³/mol. The van der Waals surface area contributed by atoms with Gasteiger partial charge in [0.2, 0.25) is 0 Å². The van der Waals surface area contributed by atoms with Crippen molar-refractivity contribution in [3.8, 4) is 0 Å². The molecule has 0 saturated heterocycles. The number of esters is 2. The van der Waals surface area contributed by atoms with Crippen molar-refractivity contribution in [3.05, 3.63) is 107 Å². The first kappa shape index (κ1) is 26.1. The summed E-state index contributed by atoms with van der Waals surface area (Å²) in [6.07, 6.45) is 16.3. The van der Waals surface area contributed by atoms with Crippen molar-refractivity contribution in [2.45, 2.75) is 25.3 Å². The van der Waals surface area contributed by atoms with Crippen LogP contribution in [0, 0.1) is 5.92 Å². The molecular weight excluding hydrogens is 488 g/mol. The highest BCUT2D eigenvalue weighted by molar-refractivity contribution is 7.82. The van der Waals surface area contributed by atoms with Crippen LogP contribution in [0.2, 0.25) is 0 Å². The van der Waals surface area contributed by atoms with Gasteiger partial charge in [-0.1, -0.05) is 36.4 Å². The summed E-state index contributed by atoms with van der Waals surface area (Å²) >= 11 is 4.83. The Balaban J connectivity index is 1.47. The number of nitrogens with zero attached hydrogens (tertiary/aromatic N) is 2. The van der Waals surface area contributed by atoms with E-state index >= 15 is 0 Å². The molecule has 1 aromatic carbocycles. The third kappa shape index (κ3) is 5.89. The topological polar surface area (TPSA) is 94.5 Å². The Kier molecular flexibility index (Phi) is 8.03. The molecule has 2 aliphatic rings. The van der Waals surface area contributed by atoms with Gasteiger partial charge in [0, 0.05) is 30.3 Å². The molecule has 2 unspecified atom stereocenters. The monoisotopic (exact) mass is 518 g/mol. The van der Waals surface area contributed by atoms with E-state index in [4.69, 9.17) is 22.1 Å². The molecule has 0 fully saturated rings. The van der Waals surface area contributed by atoms with Gasteiger partial charge in [0.1, 0.15) is 11.5 Å². The van der Waals surface area contributed by atoms with E-state index in [2.05, 4.69) is 15.6 Å². The minimum Gasteiger partial charge on any atom is -0.466 e. The van der Waals surface area contributed by atoms with Gasteiger partial charge in [-0.3, -0.25) is 0 Å². The van der Waals surface area contributed by atoms with Crippen molar-refractivity contribution in [2.75, 3.05) is 13.7 Å². The van der Waals surface area contributed by atoms with Crippen LogP contribution in [0.25, 0.3) is 6.08 Å². The predicted octanol–water partition coefficient (Wildman–Crippen LogP) is 3.73. The van der Waals surface area contributed by atoms with Gasteiger partial charge in [-0.05, 0) is 49.4 Å². The van der Waals surface area contributed by atoms with Gasteiger partial charge in [0.05, 0.1) is 30.5 Å². The highest BCUT2D eigenvalue weighted by Crippen LogP contribution is 2.42. The summed E-state index contributed by atoms with van der Waals surface area (Å²) in [6, 6.07) is 8.11. The molecule has 2 aromatic rings. The first-order chi connectivity index (χ1) is 17.8. The zero-order valence-corrected chi connectivity index (χ0v) is 21.9. The zero-order valence-electron chi connectivity index (χ0n) is 21.0. The molecule has 8 nitrogen and oxygen atoms in total. The summed E-state index contributed by atoms with van der Waals surface area (Å²) in [5.74, 6) is -1.82. The van der Waals surface area contributed by atoms with Gasteiger partial charge in [0.15, 0.2) is 0 Å². The first-order valence-electron chi connectivity index (χ1n) is 11.8. The van der Waals surface area contributed by atoms with Crippen molar-refractivity contribution in [1.82, 2.24) is 20.2 Å². The minimum atomic E-state index is -1.04. The molecule has 0 amide bonds. The van der Waals surface area contributed by atoms with Crippen LogP contribution in [0.5, 0.6) is 0 Å². The van der Waals surface area contributed by atoms with Gasteiger partial charge >= 0.3 is 11.9 Å². The second-order valence-electron chi connectivity index (χ2n) is 8.79. The number of imidazole rings is 1. The number of thiol groups is 1. The largest absolute Gasteiger partial charge is 0.466 e. The summed E-state index contributed by atoms with van der Waals surface area (Å²) in [7, 11) is 1.31. The maximum atomic E-state index is 13.3. The Labute approximate surface area is 221 Å². The fraction of sp³-hybridized carbons (Fsp3) is 0.250. The molecule has 2 N–H and O–H groups in total. The number of rotatable bonds is 8. The highest BCUT2D eigenvalue weighted by Gasteiger charge is 2.47. The second kappa shape index (κ2) is 11.4. The molecule has 0 bridgehead atoms. The van der Waals surface area contributed by atoms with E-state index in [1.807, 2.05) is 53.3 Å². The lowest BCUT2D eigenvalue weighted by Crippen LogP contribution is -2.50. The maximum absolute atomic E-state index is 13.3. The summed E-state index contributed by atoms with van der Waals surface area (Å²) < 4.78 is 12.7. The zero-order chi connectivity index (χ0) is 26.4. The average Bonchev–Trinajstić information content (AvgIpc) is 3.40. The fourth-order valence-electron chi connectivity index (χ4n) is 4.46. The first-order valence-corrected chi connectivity index (χ1v) is 12.3. The van der Waals surface area contributed by atoms with Crippen molar-refractivity contribution in [2.24, 2.45) is 5.92 Å². The molecule has 0 spiro atoms. The van der Waals surface area contributed by atoms with Crippen molar-refractivity contribution < 1.29 is 19.1 Å². The van der Waals surface area contributed by atoms with Crippen LogP contribution in [-0.4, -0.2) is 40.1 Å². The number of carbonyl (C=O) groups excluding carboxylic acids is 2. The van der Waals surface area contributed by atoms with Crippen molar-refractivity contribution >= 4 is 30.6 Å². The van der Waals surface area contributed by atoms with E-state index in [0.29, 0.717) is 22.5 Å². The number of dihydropyridines is 2. The van der Waals surface area contributed by atoms with Gasteiger partial charge < -0.3 is 24.7 Å². The number of carbonyl (C=O) groups is 2. The molecule has 4 rings (SSSR count). The lowest BCUT2D eigenvalue weighted by Gasteiger charge is -2.40. The quantitative estimate of drug-likeness (QED) is 0.362. The molecule has 0 aliphatic carbocycles. The van der Waals surface area contributed by atoms with E-state index in [1.54, 1.807) is 44.7 Å². The SMILES string of the molecule is COC(=O)C1=C(C)NC(C)=C(C(=O)OC/C=C/c2ccc(Cn3ccnc3)cc2)C1C1(S)C=CC=CN1. The number of hydrogen-bond acceptors (Lipinski definition) is 8. The van der Waals surface area contributed by atoms with Crippen LogP contribution in [0.15, 0.2) is 96.0 Å². The Morgan fingerprint density at radius 2 is 1.86 bits per heavy atom. The molecule has 37 heavy (non-hydrogen) atoms. The van der Waals surface area contributed by atoms with Gasteiger partial charge in [-0.25, -0.2) is 14.6 Å². The molecular formula is C28H30N4O4S. The summed E-state index contributed by atoms with van der Waals surface area (Å²) in [4.78, 5) is 29.1. The average molecular weight is 519 g/mol. The standard InChI is InChI=1S/C28H30N4O4S/c1-19-23(26(33)35-3)25(28(37)12-4-5-13-30-28)24(20(2)31-19)27(34)36-16-6-7-21-8-10-22(11-9-21)17-32-15-14-29-18-32/h4-15,18,25,30-31,37H,16-17H2,1-3H3/b7-6+. The second-order valence-corrected chi connectivity index (χ2v) is 9.53. The van der Waals surface area contributed by atoms with E-state index in [-0.39, 0.29) is 6.61 Å². The third-order valence-corrected chi connectivity index (χ3v) is 6.76. The fourth-order valence-corrected chi connectivity index (χ4v) is 4.88. The van der Waals surface area contributed by atoms with Crippen LogP contribution in [0.1, 0.15) is 25.0 Å². The van der Waals surface area contributed by atoms with Crippen molar-refractivity contribution in [3.63, 3.8) is 0 Å². The van der Waals surface area contributed by atoms with E-state index in [1.165, 1.54) is 7.11 Å². The number of ether oxygens (including phenoxy) is 2. The van der Waals surface area contributed by atoms with E-state index in [0.717, 1.165) is 17.7 Å². The lowest BCUT2D eigenvalue weighted by atomic mass is 9.79. The lowest BCUT2D eigenvalue weighted by molar-refractivity contribution is -0.139. The van der Waals surface area contributed by atoms with Crippen molar-refractivity contribution in [1.29, 1.82) is 0 Å². The number of nitrogens with one attached hydrogen (secondary N) is 2. The van der Waals surface area contributed by atoms with Crippen LogP contribution in [0.4, 0.5) is 0 Å². The number of aromatic nitrogens is 2. The van der Waals surface area contributed by atoms with Gasteiger partial charge in [0.25, 0.3) is 0 Å². The maximum Gasteiger partial charge on any atom is 0.336 e. The van der Waals surface area contributed by atoms with E-state index < -0.39 is 22.7 Å². The van der Waals surface area contributed by atoms with Crippen LogP contribution >= 0.6 is 12.6 Å². The van der Waals surface area contributed by atoms with E-state index in [9.17, 15) is 9.59 Å². The van der Waals surface area contributed by atoms with Gasteiger partial charge in [-0.15, -0.1) is 12.6 Å². The number of benzene rings is 1. The molecule has 1 aromatic heterocycles. The third-order valence-electron chi connectivity index (χ3n) is 6.22. The number of allylic oxidation sites excluding steroid dienone is 4. The summed E-state index contributed by atoms with van der Waals surface area (Å²) in [5.41, 5.74) is 3.96. The smallest absolute Gasteiger partial charge is 0.336 e. The molecule has 2 atom stereocenters. The Morgan fingerprint density at radius 3 is 2.49 bits per heavy atom.